The molecular weight excluding hydrogens is 325 g/mol. The number of benzene rings is 2. The fourth-order valence-electron chi connectivity index (χ4n) is 2.59. The van der Waals surface area contributed by atoms with Crippen molar-refractivity contribution in [2.75, 3.05) is 26.4 Å². The van der Waals surface area contributed by atoms with E-state index in [1.807, 2.05) is 0 Å². The molecule has 1 fully saturated rings. The lowest BCUT2D eigenvalue weighted by Gasteiger charge is -2.23. The van der Waals surface area contributed by atoms with E-state index in [0.717, 1.165) is 0 Å². The zero-order valence-corrected chi connectivity index (χ0v) is 13.5. The normalized spacial score (nSPS) is 17.1. The second-order valence-electron chi connectivity index (χ2n) is 5.66. The molecule has 3 rings (SSSR count). The number of ketones is 1. The quantitative estimate of drug-likeness (QED) is 0.846. The van der Waals surface area contributed by atoms with Crippen molar-refractivity contribution >= 4 is 11.7 Å². The number of ether oxygens (including phenoxy) is 2. The van der Waals surface area contributed by atoms with Gasteiger partial charge < -0.3 is 14.8 Å². The Morgan fingerprint density at radius 2 is 1.76 bits per heavy atom. The SMILES string of the molecule is O=C(NCC1COCCO1)c1ccccc1C(=O)c1ccc(F)cc1. The summed E-state index contributed by atoms with van der Waals surface area (Å²) in [6, 6.07) is 11.8. The molecule has 1 amide bonds. The lowest BCUT2D eigenvalue weighted by Crippen LogP contribution is -2.40. The van der Waals surface area contributed by atoms with E-state index in [9.17, 15) is 14.0 Å². The highest BCUT2D eigenvalue weighted by molar-refractivity contribution is 6.15. The largest absolute Gasteiger partial charge is 0.376 e. The van der Waals surface area contributed by atoms with Crippen LogP contribution in [-0.2, 0) is 9.47 Å². The first kappa shape index (κ1) is 17.3. The average molecular weight is 343 g/mol. The van der Waals surface area contributed by atoms with Crippen LogP contribution in [0.4, 0.5) is 4.39 Å². The Balaban J connectivity index is 1.74. The Labute approximate surface area is 144 Å². The summed E-state index contributed by atoms with van der Waals surface area (Å²) in [4.78, 5) is 25.1. The molecule has 2 aromatic rings. The molecule has 0 radical (unpaired) electrons. The topological polar surface area (TPSA) is 64.6 Å². The van der Waals surface area contributed by atoms with Crippen molar-refractivity contribution in [3.05, 3.63) is 71.0 Å². The monoisotopic (exact) mass is 343 g/mol. The minimum absolute atomic E-state index is 0.197. The molecule has 0 aromatic heterocycles. The van der Waals surface area contributed by atoms with Crippen molar-refractivity contribution in [2.45, 2.75) is 6.10 Å². The molecule has 1 saturated heterocycles. The summed E-state index contributed by atoms with van der Waals surface area (Å²) >= 11 is 0. The van der Waals surface area contributed by atoms with Crippen LogP contribution in [-0.4, -0.2) is 44.2 Å². The maximum atomic E-state index is 13.0. The van der Waals surface area contributed by atoms with Gasteiger partial charge in [0.25, 0.3) is 5.91 Å². The van der Waals surface area contributed by atoms with Gasteiger partial charge in [0.1, 0.15) is 5.82 Å². The predicted molar refractivity (Wildman–Crippen MR) is 89.2 cm³/mol. The lowest BCUT2D eigenvalue weighted by atomic mass is 9.98. The van der Waals surface area contributed by atoms with Gasteiger partial charge in [-0.25, -0.2) is 4.39 Å². The van der Waals surface area contributed by atoms with Gasteiger partial charge in [-0.05, 0) is 30.3 Å². The third kappa shape index (κ3) is 4.29. The van der Waals surface area contributed by atoms with Crippen molar-refractivity contribution in [3.63, 3.8) is 0 Å². The Hall–Kier alpha value is -2.57. The third-order valence-electron chi connectivity index (χ3n) is 3.90. The summed E-state index contributed by atoms with van der Waals surface area (Å²) in [5.41, 5.74) is 0.867. The molecule has 6 heteroatoms. The Bertz CT molecular complexity index is 754. The highest BCUT2D eigenvalue weighted by atomic mass is 19.1. The van der Waals surface area contributed by atoms with Crippen LogP contribution in [0.5, 0.6) is 0 Å². The number of rotatable bonds is 5. The summed E-state index contributed by atoms with van der Waals surface area (Å²) in [7, 11) is 0. The van der Waals surface area contributed by atoms with Gasteiger partial charge in [0.05, 0.1) is 31.5 Å². The maximum absolute atomic E-state index is 13.0. The Kier molecular flexibility index (Phi) is 5.53. The summed E-state index contributed by atoms with van der Waals surface area (Å²) in [5, 5.41) is 2.77. The molecule has 1 aliphatic rings. The Morgan fingerprint density at radius 3 is 2.44 bits per heavy atom. The van der Waals surface area contributed by atoms with Crippen LogP contribution in [0.25, 0.3) is 0 Å². The van der Waals surface area contributed by atoms with Crippen LogP contribution in [0.15, 0.2) is 48.5 Å². The molecule has 1 atom stereocenters. The Morgan fingerprint density at radius 1 is 1.04 bits per heavy atom. The summed E-state index contributed by atoms with van der Waals surface area (Å²) in [6.45, 7) is 1.79. The molecule has 1 unspecified atom stereocenters. The molecule has 0 saturated carbocycles. The van der Waals surface area contributed by atoms with Crippen molar-refractivity contribution in [2.24, 2.45) is 0 Å². The number of hydrogen-bond acceptors (Lipinski definition) is 4. The molecule has 1 heterocycles. The van der Waals surface area contributed by atoms with E-state index in [1.165, 1.54) is 24.3 Å². The molecule has 0 spiro atoms. The fourth-order valence-corrected chi connectivity index (χ4v) is 2.59. The predicted octanol–water partition coefficient (Wildman–Crippen LogP) is 2.20. The van der Waals surface area contributed by atoms with Crippen LogP contribution < -0.4 is 5.32 Å². The van der Waals surface area contributed by atoms with Gasteiger partial charge in [0, 0.05) is 17.7 Å². The molecule has 1 aliphatic heterocycles. The number of halogens is 1. The molecular formula is C19H18FNO4. The first-order valence-electron chi connectivity index (χ1n) is 8.02. The van der Waals surface area contributed by atoms with Crippen LogP contribution in [0.2, 0.25) is 0 Å². The molecule has 2 aromatic carbocycles. The standard InChI is InChI=1S/C19H18FNO4/c20-14-7-5-13(6-8-14)18(22)16-3-1-2-4-17(16)19(23)21-11-15-12-24-9-10-25-15/h1-8,15H,9-12H2,(H,21,23). The highest BCUT2D eigenvalue weighted by Crippen LogP contribution is 2.15. The first-order chi connectivity index (χ1) is 12.1. The molecule has 5 nitrogen and oxygen atoms in total. The minimum Gasteiger partial charge on any atom is -0.376 e. The zero-order valence-electron chi connectivity index (χ0n) is 13.5. The van der Waals surface area contributed by atoms with Crippen molar-refractivity contribution < 1.29 is 23.5 Å². The van der Waals surface area contributed by atoms with Crippen LogP contribution in [0.1, 0.15) is 26.3 Å². The van der Waals surface area contributed by atoms with Gasteiger partial charge in [-0.2, -0.15) is 0 Å². The van der Waals surface area contributed by atoms with Crippen molar-refractivity contribution in [1.82, 2.24) is 5.32 Å². The van der Waals surface area contributed by atoms with Gasteiger partial charge in [-0.15, -0.1) is 0 Å². The van der Waals surface area contributed by atoms with E-state index in [4.69, 9.17) is 9.47 Å². The average Bonchev–Trinajstić information content (AvgIpc) is 2.67. The zero-order chi connectivity index (χ0) is 17.6. The summed E-state index contributed by atoms with van der Waals surface area (Å²) < 4.78 is 23.8. The van der Waals surface area contributed by atoms with E-state index in [-0.39, 0.29) is 28.9 Å². The van der Waals surface area contributed by atoms with E-state index in [2.05, 4.69) is 5.32 Å². The number of carbonyl (C=O) groups is 2. The maximum Gasteiger partial charge on any atom is 0.252 e. The molecule has 0 bridgehead atoms. The molecule has 1 N–H and O–H groups in total. The van der Waals surface area contributed by atoms with E-state index in [1.54, 1.807) is 24.3 Å². The van der Waals surface area contributed by atoms with Crippen LogP contribution in [0.3, 0.4) is 0 Å². The van der Waals surface area contributed by atoms with Gasteiger partial charge in [-0.3, -0.25) is 9.59 Å². The molecule has 130 valence electrons. The smallest absolute Gasteiger partial charge is 0.252 e. The molecule has 0 aliphatic carbocycles. The number of amides is 1. The summed E-state index contributed by atoms with van der Waals surface area (Å²) in [6.07, 6.45) is -0.197. The number of nitrogens with one attached hydrogen (secondary N) is 1. The van der Waals surface area contributed by atoms with Crippen LogP contribution >= 0.6 is 0 Å². The first-order valence-corrected chi connectivity index (χ1v) is 8.02. The number of carbonyl (C=O) groups excluding carboxylic acids is 2. The highest BCUT2D eigenvalue weighted by Gasteiger charge is 2.20. The van der Waals surface area contributed by atoms with Crippen LogP contribution in [0, 0.1) is 5.82 Å². The van der Waals surface area contributed by atoms with E-state index in [0.29, 0.717) is 31.9 Å². The lowest BCUT2D eigenvalue weighted by molar-refractivity contribution is -0.0855. The number of hydrogen-bond donors (Lipinski definition) is 1. The minimum atomic E-state index is -0.419. The third-order valence-corrected chi connectivity index (χ3v) is 3.90. The van der Waals surface area contributed by atoms with Crippen molar-refractivity contribution in [1.29, 1.82) is 0 Å². The van der Waals surface area contributed by atoms with Gasteiger partial charge in [0.15, 0.2) is 5.78 Å². The van der Waals surface area contributed by atoms with Gasteiger partial charge >= 0.3 is 0 Å². The molecule has 25 heavy (non-hydrogen) atoms. The van der Waals surface area contributed by atoms with Crippen molar-refractivity contribution in [3.8, 4) is 0 Å². The van der Waals surface area contributed by atoms with Gasteiger partial charge in [-0.1, -0.05) is 18.2 Å². The summed E-state index contributed by atoms with van der Waals surface area (Å²) in [5.74, 6) is -1.11. The second kappa shape index (κ2) is 8.00. The fraction of sp³-hybridized carbons (Fsp3) is 0.263. The van der Waals surface area contributed by atoms with Gasteiger partial charge in [0.2, 0.25) is 0 Å². The second-order valence-corrected chi connectivity index (χ2v) is 5.66. The van der Waals surface area contributed by atoms with E-state index < -0.39 is 5.82 Å². The van der Waals surface area contributed by atoms with E-state index >= 15 is 0 Å².